The van der Waals surface area contributed by atoms with E-state index in [9.17, 15) is 0 Å². The molecule has 0 fully saturated rings. The van der Waals surface area contributed by atoms with E-state index < -0.39 is 0 Å². The Morgan fingerprint density at radius 1 is 0.762 bits per heavy atom. The van der Waals surface area contributed by atoms with Crippen molar-refractivity contribution in [3.05, 3.63) is 102 Å². The minimum atomic E-state index is 0.00704. The van der Waals surface area contributed by atoms with Crippen molar-refractivity contribution in [3.63, 3.8) is 0 Å². The second-order valence-corrected chi connectivity index (χ2v) is 4.79. The third-order valence-corrected chi connectivity index (χ3v) is 3.29. The van der Waals surface area contributed by atoms with Gasteiger partial charge in [-0.1, -0.05) is 66.7 Å². The molecular formula is C19H16N2. The highest BCUT2D eigenvalue weighted by Crippen LogP contribution is 2.25. The van der Waals surface area contributed by atoms with E-state index in [1.807, 2.05) is 60.9 Å². The third-order valence-electron chi connectivity index (χ3n) is 3.29. The molecule has 0 N–H and O–H groups in total. The van der Waals surface area contributed by atoms with Gasteiger partial charge in [-0.3, -0.25) is 9.98 Å². The van der Waals surface area contributed by atoms with Gasteiger partial charge in [-0.05, 0) is 17.2 Å². The Labute approximate surface area is 124 Å². The van der Waals surface area contributed by atoms with E-state index >= 15 is 0 Å². The van der Waals surface area contributed by atoms with E-state index in [1.165, 1.54) is 11.1 Å². The van der Waals surface area contributed by atoms with Crippen molar-refractivity contribution >= 4 is 6.21 Å². The first kappa shape index (κ1) is 13.3. The van der Waals surface area contributed by atoms with Crippen LogP contribution in [0.1, 0.15) is 22.7 Å². The molecule has 0 saturated heterocycles. The van der Waals surface area contributed by atoms with E-state index in [1.54, 1.807) is 6.20 Å². The van der Waals surface area contributed by atoms with Crippen molar-refractivity contribution in [3.8, 4) is 0 Å². The maximum absolute atomic E-state index is 4.77. The number of nitrogens with zero attached hydrogens (tertiary/aromatic N) is 2. The van der Waals surface area contributed by atoms with E-state index in [0.29, 0.717) is 0 Å². The zero-order chi connectivity index (χ0) is 14.3. The van der Waals surface area contributed by atoms with Gasteiger partial charge in [0.15, 0.2) is 0 Å². The Morgan fingerprint density at radius 3 is 1.90 bits per heavy atom. The monoisotopic (exact) mass is 272 g/mol. The fraction of sp³-hybridized carbons (Fsp3) is 0.0526. The third kappa shape index (κ3) is 3.42. The van der Waals surface area contributed by atoms with Crippen molar-refractivity contribution in [2.45, 2.75) is 6.04 Å². The van der Waals surface area contributed by atoms with Gasteiger partial charge in [0.25, 0.3) is 0 Å². The van der Waals surface area contributed by atoms with Crippen LogP contribution in [0, 0.1) is 0 Å². The quantitative estimate of drug-likeness (QED) is 0.650. The summed E-state index contributed by atoms with van der Waals surface area (Å²) in [6, 6.07) is 24.6. The number of hydrogen-bond donors (Lipinski definition) is 0. The summed E-state index contributed by atoms with van der Waals surface area (Å²) in [7, 11) is 0. The number of pyridine rings is 1. The van der Waals surface area contributed by atoms with Crippen molar-refractivity contribution in [2.75, 3.05) is 0 Å². The summed E-state index contributed by atoms with van der Waals surface area (Å²) in [5, 5.41) is 0. The van der Waals surface area contributed by atoms with Crippen molar-refractivity contribution in [1.29, 1.82) is 0 Å². The second kappa shape index (κ2) is 6.62. The Kier molecular flexibility index (Phi) is 4.18. The lowest BCUT2D eigenvalue weighted by Crippen LogP contribution is -1.98. The molecule has 2 nitrogen and oxygen atoms in total. The normalized spacial score (nSPS) is 11.1. The summed E-state index contributed by atoms with van der Waals surface area (Å²) >= 11 is 0. The Bertz CT molecular complexity index is 652. The van der Waals surface area contributed by atoms with Crippen LogP contribution >= 0.6 is 0 Å². The highest BCUT2D eigenvalue weighted by Gasteiger charge is 2.11. The first-order valence-electron chi connectivity index (χ1n) is 6.96. The highest BCUT2D eigenvalue weighted by molar-refractivity contribution is 5.79. The van der Waals surface area contributed by atoms with E-state index in [0.717, 1.165) is 5.56 Å². The Balaban J connectivity index is 1.96. The number of rotatable bonds is 4. The highest BCUT2D eigenvalue weighted by atomic mass is 14.8. The first-order chi connectivity index (χ1) is 10.4. The smallest absolute Gasteiger partial charge is 0.0999 e. The molecule has 0 atom stereocenters. The first-order valence-corrected chi connectivity index (χ1v) is 6.96. The molecule has 0 unspecified atom stereocenters. The Hall–Kier alpha value is -2.74. The number of benzene rings is 2. The molecule has 0 bridgehead atoms. The van der Waals surface area contributed by atoms with Gasteiger partial charge in [0.05, 0.1) is 6.04 Å². The van der Waals surface area contributed by atoms with E-state index in [4.69, 9.17) is 4.99 Å². The van der Waals surface area contributed by atoms with Gasteiger partial charge in [0.2, 0.25) is 0 Å². The van der Waals surface area contributed by atoms with Crippen molar-refractivity contribution in [1.82, 2.24) is 4.98 Å². The fourth-order valence-corrected chi connectivity index (χ4v) is 2.25. The molecule has 0 amide bonds. The van der Waals surface area contributed by atoms with Crippen molar-refractivity contribution in [2.24, 2.45) is 4.99 Å². The molecule has 0 saturated carbocycles. The van der Waals surface area contributed by atoms with Gasteiger partial charge in [0, 0.05) is 24.2 Å². The molecule has 3 aromatic rings. The van der Waals surface area contributed by atoms with Crippen LogP contribution in [0.15, 0.2) is 90.2 Å². The van der Waals surface area contributed by atoms with Gasteiger partial charge in [-0.25, -0.2) is 0 Å². The lowest BCUT2D eigenvalue weighted by Gasteiger charge is -2.13. The number of hydrogen-bond acceptors (Lipinski definition) is 2. The molecule has 1 heterocycles. The maximum atomic E-state index is 4.77. The molecule has 0 spiro atoms. The fourth-order valence-electron chi connectivity index (χ4n) is 2.25. The Morgan fingerprint density at radius 2 is 1.38 bits per heavy atom. The van der Waals surface area contributed by atoms with Crippen LogP contribution in [0.4, 0.5) is 0 Å². The van der Waals surface area contributed by atoms with Crippen LogP contribution in [0.3, 0.4) is 0 Å². The molecule has 0 aliphatic heterocycles. The molecular weight excluding hydrogens is 256 g/mol. The van der Waals surface area contributed by atoms with Gasteiger partial charge in [-0.15, -0.1) is 0 Å². The number of aliphatic imine (C=N–C) groups is 1. The summed E-state index contributed by atoms with van der Waals surface area (Å²) in [5.41, 5.74) is 3.38. The molecule has 2 heteroatoms. The summed E-state index contributed by atoms with van der Waals surface area (Å²) < 4.78 is 0. The van der Waals surface area contributed by atoms with Crippen molar-refractivity contribution < 1.29 is 0 Å². The minimum Gasteiger partial charge on any atom is -0.280 e. The summed E-state index contributed by atoms with van der Waals surface area (Å²) in [6.07, 6.45) is 5.47. The summed E-state index contributed by atoms with van der Waals surface area (Å²) in [6.45, 7) is 0. The van der Waals surface area contributed by atoms with Gasteiger partial charge < -0.3 is 0 Å². The van der Waals surface area contributed by atoms with Gasteiger partial charge in [0.1, 0.15) is 0 Å². The minimum absolute atomic E-state index is 0.00704. The van der Waals surface area contributed by atoms with Crippen LogP contribution < -0.4 is 0 Å². The molecule has 2 aromatic carbocycles. The van der Waals surface area contributed by atoms with Crippen LogP contribution in [0.2, 0.25) is 0 Å². The van der Waals surface area contributed by atoms with Crippen LogP contribution in [0.25, 0.3) is 0 Å². The lowest BCUT2D eigenvalue weighted by atomic mass is 9.99. The van der Waals surface area contributed by atoms with Gasteiger partial charge in [-0.2, -0.15) is 0 Å². The predicted molar refractivity (Wildman–Crippen MR) is 86.6 cm³/mol. The molecule has 102 valence electrons. The average molecular weight is 272 g/mol. The number of aromatic nitrogens is 1. The maximum Gasteiger partial charge on any atom is 0.0999 e. The van der Waals surface area contributed by atoms with E-state index in [2.05, 4.69) is 29.2 Å². The van der Waals surface area contributed by atoms with Gasteiger partial charge >= 0.3 is 0 Å². The molecule has 0 aliphatic rings. The second-order valence-electron chi connectivity index (χ2n) is 4.79. The topological polar surface area (TPSA) is 25.2 Å². The SMILES string of the molecule is C(=NC(c1ccccc1)c1ccccc1)c1cccnc1. The van der Waals surface area contributed by atoms with Crippen LogP contribution in [-0.4, -0.2) is 11.2 Å². The van der Waals surface area contributed by atoms with Crippen LogP contribution in [-0.2, 0) is 0 Å². The predicted octanol–water partition coefficient (Wildman–Crippen LogP) is 4.29. The zero-order valence-corrected chi connectivity index (χ0v) is 11.6. The standard InChI is InChI=1S/C19H16N2/c1-3-9-17(10-4-1)19(18-11-5-2-6-12-18)21-15-16-8-7-13-20-14-16/h1-15,19H. The summed E-state index contributed by atoms with van der Waals surface area (Å²) in [4.78, 5) is 8.89. The zero-order valence-electron chi connectivity index (χ0n) is 11.6. The molecule has 3 rings (SSSR count). The molecule has 21 heavy (non-hydrogen) atoms. The largest absolute Gasteiger partial charge is 0.280 e. The summed E-state index contributed by atoms with van der Waals surface area (Å²) in [5.74, 6) is 0. The van der Waals surface area contributed by atoms with E-state index in [-0.39, 0.29) is 6.04 Å². The molecule has 0 aliphatic carbocycles. The molecule has 0 radical (unpaired) electrons. The lowest BCUT2D eigenvalue weighted by molar-refractivity contribution is 0.878. The molecule has 1 aromatic heterocycles. The van der Waals surface area contributed by atoms with Crippen LogP contribution in [0.5, 0.6) is 0 Å². The average Bonchev–Trinajstić information content (AvgIpc) is 2.58.